The smallest absolute Gasteiger partial charge is 0.274 e. The second-order valence-electron chi connectivity index (χ2n) is 4.82. The van der Waals surface area contributed by atoms with Crippen molar-refractivity contribution in [3.05, 3.63) is 52.3 Å². The Bertz CT molecular complexity index is 641. The van der Waals surface area contributed by atoms with Crippen LogP contribution in [0.5, 0.6) is 0 Å². The minimum atomic E-state index is -0.308. The lowest BCUT2D eigenvalue weighted by Crippen LogP contribution is -2.14. The molecule has 0 aliphatic carbocycles. The van der Waals surface area contributed by atoms with E-state index < -0.39 is 0 Å². The van der Waals surface area contributed by atoms with Crippen LogP contribution in [0.3, 0.4) is 0 Å². The summed E-state index contributed by atoms with van der Waals surface area (Å²) in [4.78, 5) is 16.3. The molecule has 1 amide bonds. The molecule has 0 fully saturated rings. The highest BCUT2D eigenvalue weighted by atomic mass is 35.5. The fourth-order valence-electron chi connectivity index (χ4n) is 1.90. The molecule has 2 aromatic rings. The summed E-state index contributed by atoms with van der Waals surface area (Å²) in [5.41, 5.74) is 1.74. The lowest BCUT2D eigenvalue weighted by Gasteiger charge is -2.08. The fraction of sp³-hybridized carbons (Fsp3) is 0.250. The minimum Gasteiger partial charge on any atom is -0.385 e. The molecule has 0 aliphatic rings. The van der Waals surface area contributed by atoms with E-state index in [4.69, 9.17) is 23.2 Å². The van der Waals surface area contributed by atoms with Gasteiger partial charge in [0, 0.05) is 34.2 Å². The predicted octanol–water partition coefficient (Wildman–Crippen LogP) is 4.85. The zero-order valence-electron chi connectivity index (χ0n) is 12.2. The Morgan fingerprint density at radius 3 is 2.55 bits per heavy atom. The van der Waals surface area contributed by atoms with E-state index in [1.54, 1.807) is 30.5 Å². The van der Waals surface area contributed by atoms with E-state index in [0.717, 1.165) is 25.1 Å². The molecule has 0 saturated heterocycles. The molecule has 0 bridgehead atoms. The molecular formula is C16H17Cl2N3O. The van der Waals surface area contributed by atoms with E-state index in [1.807, 2.05) is 6.07 Å². The molecule has 1 aromatic carbocycles. The van der Waals surface area contributed by atoms with E-state index in [1.165, 1.54) is 0 Å². The highest BCUT2D eigenvalue weighted by molar-refractivity contribution is 6.35. The Morgan fingerprint density at radius 2 is 1.86 bits per heavy atom. The second-order valence-corrected chi connectivity index (χ2v) is 5.70. The molecule has 0 spiro atoms. The largest absolute Gasteiger partial charge is 0.385 e. The molecule has 116 valence electrons. The summed E-state index contributed by atoms with van der Waals surface area (Å²) in [6.07, 6.45) is 3.79. The predicted molar refractivity (Wildman–Crippen MR) is 92.0 cm³/mol. The first-order valence-electron chi connectivity index (χ1n) is 7.06. The monoisotopic (exact) mass is 337 g/mol. The number of amides is 1. The molecule has 0 radical (unpaired) electrons. The van der Waals surface area contributed by atoms with Crippen molar-refractivity contribution in [1.82, 2.24) is 4.98 Å². The zero-order valence-corrected chi connectivity index (χ0v) is 13.7. The van der Waals surface area contributed by atoms with Gasteiger partial charge in [0.2, 0.25) is 0 Å². The van der Waals surface area contributed by atoms with Gasteiger partial charge in [-0.3, -0.25) is 9.78 Å². The summed E-state index contributed by atoms with van der Waals surface area (Å²) in [7, 11) is 0. The number of benzene rings is 1. The summed E-state index contributed by atoms with van der Waals surface area (Å²) in [5.74, 6) is -0.308. The van der Waals surface area contributed by atoms with Gasteiger partial charge < -0.3 is 10.6 Å². The van der Waals surface area contributed by atoms with Crippen LogP contribution in [0.2, 0.25) is 10.0 Å². The molecule has 1 aromatic heterocycles. The lowest BCUT2D eigenvalue weighted by molar-refractivity contribution is 0.102. The average molecular weight is 338 g/mol. The van der Waals surface area contributed by atoms with E-state index in [2.05, 4.69) is 22.5 Å². The minimum absolute atomic E-state index is 0.308. The van der Waals surface area contributed by atoms with E-state index in [0.29, 0.717) is 21.4 Å². The fourth-order valence-corrected chi connectivity index (χ4v) is 2.42. The Hall–Kier alpha value is -1.78. The molecule has 0 unspecified atom stereocenters. The average Bonchev–Trinajstić information content (AvgIpc) is 2.47. The van der Waals surface area contributed by atoms with Crippen LogP contribution in [0.4, 0.5) is 11.4 Å². The number of pyridine rings is 1. The van der Waals surface area contributed by atoms with Crippen molar-refractivity contribution in [3.8, 4) is 0 Å². The van der Waals surface area contributed by atoms with Crippen molar-refractivity contribution in [2.75, 3.05) is 17.2 Å². The number of carbonyl (C=O) groups is 1. The number of hydrogen-bond donors (Lipinski definition) is 2. The van der Waals surface area contributed by atoms with E-state index in [-0.39, 0.29) is 5.91 Å². The zero-order chi connectivity index (χ0) is 15.9. The highest BCUT2D eigenvalue weighted by Crippen LogP contribution is 2.23. The van der Waals surface area contributed by atoms with Gasteiger partial charge >= 0.3 is 0 Å². The van der Waals surface area contributed by atoms with Crippen LogP contribution >= 0.6 is 23.2 Å². The third-order valence-electron chi connectivity index (χ3n) is 2.97. The van der Waals surface area contributed by atoms with Crippen molar-refractivity contribution in [2.24, 2.45) is 0 Å². The number of nitrogens with one attached hydrogen (secondary N) is 2. The van der Waals surface area contributed by atoms with Gasteiger partial charge in [-0.2, -0.15) is 0 Å². The van der Waals surface area contributed by atoms with Crippen molar-refractivity contribution >= 4 is 40.5 Å². The molecular weight excluding hydrogens is 321 g/mol. The first kappa shape index (κ1) is 16.6. The molecule has 4 nitrogen and oxygen atoms in total. The van der Waals surface area contributed by atoms with Crippen LogP contribution in [-0.4, -0.2) is 17.4 Å². The van der Waals surface area contributed by atoms with Crippen molar-refractivity contribution in [3.63, 3.8) is 0 Å². The van der Waals surface area contributed by atoms with Crippen LogP contribution in [0.1, 0.15) is 30.3 Å². The summed E-state index contributed by atoms with van der Waals surface area (Å²) in [6.45, 7) is 2.99. The summed E-state index contributed by atoms with van der Waals surface area (Å²) < 4.78 is 0. The van der Waals surface area contributed by atoms with Crippen molar-refractivity contribution in [1.29, 1.82) is 0 Å². The number of halogens is 2. The van der Waals surface area contributed by atoms with Crippen LogP contribution in [-0.2, 0) is 0 Å². The Labute approximate surface area is 139 Å². The maximum atomic E-state index is 12.2. The Morgan fingerprint density at radius 1 is 1.14 bits per heavy atom. The van der Waals surface area contributed by atoms with Gasteiger partial charge in [-0.05, 0) is 36.8 Å². The molecule has 2 rings (SSSR count). The quantitative estimate of drug-likeness (QED) is 0.740. The highest BCUT2D eigenvalue weighted by Gasteiger charge is 2.09. The molecule has 0 saturated carbocycles. The SMILES string of the molecule is CCCCNc1ccnc(C(=O)Nc2cc(Cl)cc(Cl)c2)c1. The van der Waals surface area contributed by atoms with Crippen molar-refractivity contribution in [2.45, 2.75) is 19.8 Å². The van der Waals surface area contributed by atoms with Gasteiger partial charge in [-0.1, -0.05) is 36.5 Å². The molecule has 0 atom stereocenters. The summed E-state index contributed by atoms with van der Waals surface area (Å²) >= 11 is 11.8. The maximum Gasteiger partial charge on any atom is 0.274 e. The van der Waals surface area contributed by atoms with Crippen LogP contribution in [0.25, 0.3) is 0 Å². The van der Waals surface area contributed by atoms with Gasteiger partial charge in [0.25, 0.3) is 5.91 Å². The number of anilines is 2. The first-order valence-corrected chi connectivity index (χ1v) is 7.81. The maximum absolute atomic E-state index is 12.2. The van der Waals surface area contributed by atoms with Gasteiger partial charge in [0.1, 0.15) is 5.69 Å². The molecule has 22 heavy (non-hydrogen) atoms. The van der Waals surface area contributed by atoms with Crippen molar-refractivity contribution < 1.29 is 4.79 Å². The summed E-state index contributed by atoms with van der Waals surface area (Å²) in [5, 5.41) is 6.92. The number of carbonyl (C=O) groups excluding carboxylic acids is 1. The standard InChI is InChI=1S/C16H17Cl2N3O/c1-2-3-5-19-13-4-6-20-15(10-13)16(22)21-14-8-11(17)7-12(18)9-14/h4,6-10H,2-3,5H2,1H3,(H,19,20)(H,21,22). The summed E-state index contributed by atoms with van der Waals surface area (Å²) in [6, 6.07) is 8.43. The van der Waals surface area contributed by atoms with Crippen LogP contribution < -0.4 is 10.6 Å². The third kappa shape index (κ3) is 4.90. The number of hydrogen-bond acceptors (Lipinski definition) is 3. The molecule has 1 heterocycles. The molecule has 6 heteroatoms. The third-order valence-corrected chi connectivity index (χ3v) is 3.41. The van der Waals surface area contributed by atoms with E-state index in [9.17, 15) is 4.79 Å². The van der Waals surface area contributed by atoms with Gasteiger partial charge in [0.15, 0.2) is 0 Å². The number of unbranched alkanes of at least 4 members (excludes halogenated alkanes) is 1. The van der Waals surface area contributed by atoms with Crippen LogP contribution in [0, 0.1) is 0 Å². The topological polar surface area (TPSA) is 54.0 Å². The number of nitrogens with zero attached hydrogens (tertiary/aromatic N) is 1. The molecule has 0 aliphatic heterocycles. The number of aromatic nitrogens is 1. The molecule has 2 N–H and O–H groups in total. The van der Waals surface area contributed by atoms with Gasteiger partial charge in [-0.25, -0.2) is 0 Å². The first-order chi connectivity index (χ1) is 10.6. The number of rotatable bonds is 6. The second kappa shape index (κ2) is 8.01. The van der Waals surface area contributed by atoms with Gasteiger partial charge in [0.05, 0.1) is 0 Å². The lowest BCUT2D eigenvalue weighted by atomic mass is 10.2. The van der Waals surface area contributed by atoms with E-state index >= 15 is 0 Å². The Kier molecular flexibility index (Phi) is 6.04. The Balaban J connectivity index is 2.07. The van der Waals surface area contributed by atoms with Crippen LogP contribution in [0.15, 0.2) is 36.5 Å². The van der Waals surface area contributed by atoms with Gasteiger partial charge in [-0.15, -0.1) is 0 Å². The normalized spacial score (nSPS) is 10.3.